The van der Waals surface area contributed by atoms with Crippen molar-refractivity contribution in [3.05, 3.63) is 41.1 Å². The van der Waals surface area contributed by atoms with Gasteiger partial charge in [-0.1, -0.05) is 11.8 Å². The van der Waals surface area contributed by atoms with Gasteiger partial charge in [-0.2, -0.15) is 23.5 Å². The Morgan fingerprint density at radius 2 is 2.00 bits per heavy atom. The van der Waals surface area contributed by atoms with Gasteiger partial charge in [0, 0.05) is 11.9 Å². The van der Waals surface area contributed by atoms with Crippen LogP contribution in [0.1, 0.15) is 16.8 Å². The number of nitrogens with zero attached hydrogens (tertiary/aromatic N) is 3. The fourth-order valence-electron chi connectivity index (χ4n) is 1.72. The Hall–Kier alpha value is -1.94. The lowest BCUT2D eigenvalue weighted by Gasteiger charge is -2.10. The molecule has 0 aliphatic rings. The summed E-state index contributed by atoms with van der Waals surface area (Å²) in [5, 5.41) is 13.6. The van der Waals surface area contributed by atoms with Crippen molar-refractivity contribution in [1.29, 1.82) is 5.26 Å². The zero-order valence-corrected chi connectivity index (χ0v) is 11.5. The molecule has 0 unspecified atom stereocenters. The normalized spacial score (nSPS) is 11.4. The van der Waals surface area contributed by atoms with E-state index in [0.29, 0.717) is 4.90 Å². The molecule has 0 bridgehead atoms. The molecule has 0 saturated heterocycles. The third-order valence-electron chi connectivity index (χ3n) is 2.60. The lowest BCUT2D eigenvalue weighted by Crippen LogP contribution is -2.07. The van der Waals surface area contributed by atoms with Crippen LogP contribution in [0.5, 0.6) is 0 Å². The molecule has 0 aliphatic heterocycles. The molecule has 0 radical (unpaired) electrons. The quantitative estimate of drug-likeness (QED) is 0.847. The van der Waals surface area contributed by atoms with E-state index in [4.69, 9.17) is 5.26 Å². The van der Waals surface area contributed by atoms with Crippen LogP contribution in [0.3, 0.4) is 0 Å². The van der Waals surface area contributed by atoms with Crippen LogP contribution in [-0.2, 0) is 13.2 Å². The minimum atomic E-state index is -4.54. The van der Waals surface area contributed by atoms with Crippen molar-refractivity contribution >= 4 is 11.8 Å². The molecule has 7 heteroatoms. The van der Waals surface area contributed by atoms with Gasteiger partial charge in [-0.15, -0.1) is 0 Å². The number of hydrogen-bond donors (Lipinski definition) is 0. The van der Waals surface area contributed by atoms with Crippen molar-refractivity contribution in [2.75, 3.05) is 0 Å². The van der Waals surface area contributed by atoms with Gasteiger partial charge in [0.15, 0.2) is 0 Å². The zero-order valence-electron chi connectivity index (χ0n) is 10.7. The van der Waals surface area contributed by atoms with Gasteiger partial charge in [0.05, 0.1) is 27.9 Å². The molecular formula is C13H10F3N3S. The molecule has 20 heavy (non-hydrogen) atoms. The highest BCUT2D eigenvalue weighted by Crippen LogP contribution is 2.36. The highest BCUT2D eigenvalue weighted by atomic mass is 32.2. The first kappa shape index (κ1) is 14.5. The number of aryl methyl sites for hydroxylation is 2. The second-order valence-corrected chi connectivity index (χ2v) is 5.26. The molecule has 1 aromatic carbocycles. The number of alkyl halides is 3. The highest BCUT2D eigenvalue weighted by Gasteiger charge is 2.33. The van der Waals surface area contributed by atoms with E-state index in [1.165, 1.54) is 23.9 Å². The number of hydrogen-bond acceptors (Lipinski definition) is 3. The van der Waals surface area contributed by atoms with Crippen molar-refractivity contribution in [2.24, 2.45) is 7.05 Å². The average Bonchev–Trinajstić information content (AvgIpc) is 2.66. The summed E-state index contributed by atoms with van der Waals surface area (Å²) < 4.78 is 40.2. The van der Waals surface area contributed by atoms with E-state index < -0.39 is 11.7 Å². The number of rotatable bonds is 2. The van der Waals surface area contributed by atoms with Crippen molar-refractivity contribution in [3.8, 4) is 6.07 Å². The van der Waals surface area contributed by atoms with Crippen molar-refractivity contribution in [3.63, 3.8) is 0 Å². The van der Waals surface area contributed by atoms with Gasteiger partial charge in [-0.05, 0) is 31.2 Å². The van der Waals surface area contributed by atoms with Crippen LogP contribution >= 0.6 is 11.8 Å². The summed E-state index contributed by atoms with van der Waals surface area (Å²) in [4.78, 5) is 0.416. The zero-order chi connectivity index (χ0) is 14.9. The molecule has 1 aromatic heterocycles. The Balaban J connectivity index is 2.40. The van der Waals surface area contributed by atoms with E-state index in [0.717, 1.165) is 16.8 Å². The third kappa shape index (κ3) is 2.96. The van der Waals surface area contributed by atoms with Crippen LogP contribution in [0.25, 0.3) is 0 Å². The largest absolute Gasteiger partial charge is 0.417 e. The Kier molecular flexibility index (Phi) is 3.77. The maximum absolute atomic E-state index is 12.9. The molecule has 0 N–H and O–H groups in total. The number of nitriles is 1. The monoisotopic (exact) mass is 297 g/mol. The van der Waals surface area contributed by atoms with E-state index in [-0.39, 0.29) is 5.56 Å². The minimum absolute atomic E-state index is 0.372. The fourth-order valence-corrected chi connectivity index (χ4v) is 2.68. The molecule has 0 saturated carbocycles. The summed E-state index contributed by atoms with van der Waals surface area (Å²) in [7, 11) is 1.73. The van der Waals surface area contributed by atoms with Crippen molar-refractivity contribution in [1.82, 2.24) is 9.78 Å². The number of benzene rings is 1. The third-order valence-corrected chi connectivity index (χ3v) is 3.68. The summed E-state index contributed by atoms with van der Waals surface area (Å²) >= 11 is 1.18. The molecule has 2 rings (SSSR count). The molecular weight excluding hydrogens is 287 g/mol. The fraction of sp³-hybridized carbons (Fsp3) is 0.231. The maximum atomic E-state index is 12.9. The van der Waals surface area contributed by atoms with E-state index in [1.54, 1.807) is 23.9 Å². The molecule has 0 amide bonds. The standard InChI is InChI=1S/C13H10F3N3S/c1-8-5-12(19(2)18-8)20-10-4-3-9(7-17)11(6-10)13(14,15)16/h3-6H,1-2H3. The SMILES string of the molecule is Cc1cc(Sc2ccc(C#N)c(C(F)(F)F)c2)n(C)n1. The first-order chi connectivity index (χ1) is 9.31. The Morgan fingerprint density at radius 1 is 1.30 bits per heavy atom. The Morgan fingerprint density at radius 3 is 2.50 bits per heavy atom. The van der Waals surface area contributed by atoms with Crippen molar-refractivity contribution in [2.45, 2.75) is 23.0 Å². The average molecular weight is 297 g/mol. The van der Waals surface area contributed by atoms with Gasteiger partial charge in [-0.3, -0.25) is 4.68 Å². The summed E-state index contributed by atoms with van der Waals surface area (Å²) in [6, 6.07) is 7.03. The second kappa shape index (κ2) is 5.21. The van der Waals surface area contributed by atoms with Crippen LogP contribution in [0.15, 0.2) is 34.2 Å². The van der Waals surface area contributed by atoms with Crippen LogP contribution in [0.2, 0.25) is 0 Å². The Bertz CT molecular complexity index is 683. The maximum Gasteiger partial charge on any atom is 0.417 e. The minimum Gasteiger partial charge on any atom is -0.262 e. The number of aromatic nitrogens is 2. The number of halogens is 3. The topological polar surface area (TPSA) is 41.6 Å². The van der Waals surface area contributed by atoms with E-state index in [1.807, 2.05) is 6.92 Å². The molecule has 104 valence electrons. The first-order valence-corrected chi connectivity index (χ1v) is 6.43. The van der Waals surface area contributed by atoms with E-state index in [2.05, 4.69) is 5.10 Å². The van der Waals surface area contributed by atoms with Crippen LogP contribution in [0, 0.1) is 18.3 Å². The molecule has 1 heterocycles. The molecule has 3 nitrogen and oxygen atoms in total. The van der Waals surface area contributed by atoms with Gasteiger partial charge in [0.2, 0.25) is 0 Å². The van der Waals surface area contributed by atoms with Gasteiger partial charge < -0.3 is 0 Å². The second-order valence-electron chi connectivity index (χ2n) is 4.17. The summed E-state index contributed by atoms with van der Waals surface area (Å²) in [6.07, 6.45) is -4.54. The van der Waals surface area contributed by atoms with E-state index in [9.17, 15) is 13.2 Å². The van der Waals surface area contributed by atoms with Crippen molar-refractivity contribution < 1.29 is 13.2 Å². The first-order valence-electron chi connectivity index (χ1n) is 5.61. The molecule has 2 aromatic rings. The summed E-state index contributed by atoms with van der Waals surface area (Å²) in [5.41, 5.74) is -0.494. The molecule has 0 aliphatic carbocycles. The lowest BCUT2D eigenvalue weighted by molar-refractivity contribution is -0.137. The smallest absolute Gasteiger partial charge is 0.262 e. The molecule has 0 spiro atoms. The van der Waals surface area contributed by atoms with Crippen LogP contribution in [-0.4, -0.2) is 9.78 Å². The van der Waals surface area contributed by atoms with Crippen LogP contribution in [0.4, 0.5) is 13.2 Å². The van der Waals surface area contributed by atoms with Gasteiger partial charge in [0.1, 0.15) is 0 Å². The summed E-state index contributed by atoms with van der Waals surface area (Å²) in [6.45, 7) is 1.81. The molecule has 0 atom stereocenters. The Labute approximate surface area is 118 Å². The highest BCUT2D eigenvalue weighted by molar-refractivity contribution is 7.99. The lowest BCUT2D eigenvalue weighted by atomic mass is 10.1. The molecule has 0 fully saturated rings. The van der Waals surface area contributed by atoms with Gasteiger partial charge in [0.25, 0.3) is 0 Å². The van der Waals surface area contributed by atoms with Gasteiger partial charge >= 0.3 is 6.18 Å². The van der Waals surface area contributed by atoms with Gasteiger partial charge in [-0.25, -0.2) is 0 Å². The predicted octanol–water partition coefficient (Wildman–Crippen LogP) is 3.77. The summed E-state index contributed by atoms with van der Waals surface area (Å²) in [5.74, 6) is 0. The van der Waals surface area contributed by atoms with Crippen LogP contribution < -0.4 is 0 Å². The van der Waals surface area contributed by atoms with E-state index >= 15 is 0 Å². The predicted molar refractivity (Wildman–Crippen MR) is 68.2 cm³/mol.